The van der Waals surface area contributed by atoms with E-state index < -0.39 is 6.09 Å². The van der Waals surface area contributed by atoms with Crippen LogP contribution >= 0.6 is 11.3 Å². The molecule has 0 fully saturated rings. The van der Waals surface area contributed by atoms with E-state index in [1.165, 1.54) is 18.4 Å². The second-order valence-electron chi connectivity index (χ2n) is 5.09. The number of hydrogen-bond donors (Lipinski definition) is 1. The monoisotopic (exact) mass is 343 g/mol. The molecule has 6 nitrogen and oxygen atoms in total. The van der Waals surface area contributed by atoms with Crippen LogP contribution in [-0.4, -0.2) is 17.8 Å². The summed E-state index contributed by atoms with van der Waals surface area (Å²) in [6.45, 7) is 0.236. The van der Waals surface area contributed by atoms with Crippen LogP contribution in [0.25, 0.3) is 10.2 Å². The lowest BCUT2D eigenvalue weighted by Crippen LogP contribution is -2.13. The van der Waals surface area contributed by atoms with Crippen molar-refractivity contribution >= 4 is 33.3 Å². The van der Waals surface area contributed by atoms with Crippen LogP contribution in [0.1, 0.15) is 5.56 Å². The number of amides is 1. The Kier molecular flexibility index (Phi) is 4.81. The minimum atomic E-state index is -0.485. The molecule has 3 aromatic rings. The highest BCUT2D eigenvalue weighted by atomic mass is 32.1. The van der Waals surface area contributed by atoms with Gasteiger partial charge in [-0.15, -0.1) is 0 Å². The predicted octanol–water partition coefficient (Wildman–Crippen LogP) is 3.45. The zero-order chi connectivity index (χ0) is 16.9. The number of carbonyl (C=O) groups excluding carboxylic acids is 1. The van der Waals surface area contributed by atoms with Crippen LogP contribution in [0.2, 0.25) is 0 Å². The zero-order valence-corrected chi connectivity index (χ0v) is 14.2. The molecule has 0 bridgehead atoms. The topological polar surface area (TPSA) is 64.8 Å². The Morgan fingerprint density at radius 1 is 1.25 bits per heavy atom. The highest BCUT2D eigenvalue weighted by molar-refractivity contribution is 7.16. The molecule has 7 heteroatoms. The van der Waals surface area contributed by atoms with Gasteiger partial charge in [0, 0.05) is 12.7 Å². The molecular formula is C17H17N3O3S. The number of thiazole rings is 1. The highest BCUT2D eigenvalue weighted by Gasteiger charge is 2.07. The fraction of sp³-hybridized carbons (Fsp3) is 0.176. The lowest BCUT2D eigenvalue weighted by Gasteiger charge is -2.07. The molecular weight excluding hydrogens is 326 g/mol. The number of hydrogen-bond acceptors (Lipinski definition) is 5. The Labute approximate surface area is 142 Å². The molecule has 24 heavy (non-hydrogen) atoms. The average Bonchev–Trinajstić information content (AvgIpc) is 2.90. The van der Waals surface area contributed by atoms with E-state index in [1.54, 1.807) is 0 Å². The predicted molar refractivity (Wildman–Crippen MR) is 93.6 cm³/mol. The third kappa shape index (κ3) is 3.57. The first-order valence-electron chi connectivity index (χ1n) is 7.32. The van der Waals surface area contributed by atoms with Crippen molar-refractivity contribution in [1.82, 2.24) is 4.57 Å². The molecule has 124 valence electrons. The van der Waals surface area contributed by atoms with Gasteiger partial charge in [0.1, 0.15) is 13.7 Å². The van der Waals surface area contributed by atoms with Crippen molar-refractivity contribution in [3.05, 3.63) is 58.9 Å². The standard InChI is InChI=1S/C17H17N3O3S/c1-20-14-9-8-13(10-15(14)24-16(20)19-22-2)18-17(21)23-11-12-6-4-3-5-7-12/h3-10H,11H2,1-2H3,(H,18,21)/b19-16+. The number of rotatable bonds is 4. The summed E-state index contributed by atoms with van der Waals surface area (Å²) in [4.78, 5) is 17.5. The zero-order valence-electron chi connectivity index (χ0n) is 13.4. The number of aromatic nitrogens is 1. The van der Waals surface area contributed by atoms with Gasteiger partial charge in [-0.2, -0.15) is 0 Å². The second kappa shape index (κ2) is 7.18. The van der Waals surface area contributed by atoms with Crippen molar-refractivity contribution in [2.75, 3.05) is 12.4 Å². The highest BCUT2D eigenvalue weighted by Crippen LogP contribution is 2.21. The normalized spacial score (nSPS) is 11.5. The quantitative estimate of drug-likeness (QED) is 0.738. The Morgan fingerprint density at radius 3 is 2.79 bits per heavy atom. The Bertz CT molecular complexity index is 916. The molecule has 3 rings (SSSR count). The molecule has 2 aromatic carbocycles. The second-order valence-corrected chi connectivity index (χ2v) is 6.10. The number of ether oxygens (including phenoxy) is 1. The fourth-order valence-electron chi connectivity index (χ4n) is 2.26. The first-order chi connectivity index (χ1) is 11.7. The van der Waals surface area contributed by atoms with Crippen molar-refractivity contribution in [3.8, 4) is 0 Å². The van der Waals surface area contributed by atoms with E-state index in [0.717, 1.165) is 20.6 Å². The number of benzene rings is 2. The maximum atomic E-state index is 11.9. The van der Waals surface area contributed by atoms with Gasteiger partial charge >= 0.3 is 6.09 Å². The molecule has 1 N–H and O–H groups in total. The number of anilines is 1. The summed E-state index contributed by atoms with van der Waals surface area (Å²) in [5.74, 6) is 0. The molecule has 0 saturated heterocycles. The summed E-state index contributed by atoms with van der Waals surface area (Å²) in [7, 11) is 3.43. The van der Waals surface area contributed by atoms with E-state index >= 15 is 0 Å². The summed E-state index contributed by atoms with van der Waals surface area (Å²) in [6, 6.07) is 15.2. The Morgan fingerprint density at radius 2 is 2.04 bits per heavy atom. The summed E-state index contributed by atoms with van der Waals surface area (Å²) in [5, 5.41) is 6.71. The van der Waals surface area contributed by atoms with Crippen LogP contribution in [0.5, 0.6) is 0 Å². The Balaban J connectivity index is 1.71. The molecule has 0 spiro atoms. The van der Waals surface area contributed by atoms with Crippen LogP contribution in [0.15, 0.2) is 53.7 Å². The van der Waals surface area contributed by atoms with Crippen molar-refractivity contribution in [2.24, 2.45) is 12.2 Å². The van der Waals surface area contributed by atoms with Gasteiger partial charge in [-0.1, -0.05) is 46.8 Å². The van der Waals surface area contributed by atoms with Crippen molar-refractivity contribution in [3.63, 3.8) is 0 Å². The van der Waals surface area contributed by atoms with Crippen molar-refractivity contribution in [1.29, 1.82) is 0 Å². The van der Waals surface area contributed by atoms with Crippen LogP contribution in [0.4, 0.5) is 10.5 Å². The molecule has 0 unspecified atom stereocenters. The van der Waals surface area contributed by atoms with Crippen LogP contribution in [-0.2, 0) is 23.2 Å². The molecule has 0 saturated carbocycles. The summed E-state index contributed by atoms with van der Waals surface area (Å²) in [5.41, 5.74) is 2.63. The van der Waals surface area contributed by atoms with E-state index in [4.69, 9.17) is 9.57 Å². The largest absolute Gasteiger partial charge is 0.444 e. The van der Waals surface area contributed by atoms with Gasteiger partial charge in [0.05, 0.1) is 10.2 Å². The number of carbonyl (C=O) groups is 1. The number of nitrogens with zero attached hydrogens (tertiary/aromatic N) is 2. The van der Waals surface area contributed by atoms with E-state index in [9.17, 15) is 4.79 Å². The van der Waals surface area contributed by atoms with Gasteiger partial charge in [0.15, 0.2) is 0 Å². The lowest BCUT2D eigenvalue weighted by molar-refractivity contribution is 0.155. The summed E-state index contributed by atoms with van der Waals surface area (Å²) in [6.07, 6.45) is -0.485. The van der Waals surface area contributed by atoms with Crippen molar-refractivity contribution in [2.45, 2.75) is 6.61 Å². The smallest absolute Gasteiger partial charge is 0.411 e. The number of nitrogens with one attached hydrogen (secondary N) is 1. The molecule has 0 atom stereocenters. The first-order valence-corrected chi connectivity index (χ1v) is 8.13. The molecule has 0 aliphatic rings. The van der Waals surface area contributed by atoms with Crippen LogP contribution < -0.4 is 10.1 Å². The van der Waals surface area contributed by atoms with E-state index in [1.807, 2.05) is 60.1 Å². The molecule has 1 aromatic heterocycles. The average molecular weight is 343 g/mol. The summed E-state index contributed by atoms with van der Waals surface area (Å²) < 4.78 is 8.15. The first kappa shape index (κ1) is 16.1. The van der Waals surface area contributed by atoms with Crippen LogP contribution in [0.3, 0.4) is 0 Å². The third-order valence-electron chi connectivity index (χ3n) is 3.44. The van der Waals surface area contributed by atoms with E-state index in [0.29, 0.717) is 5.69 Å². The van der Waals surface area contributed by atoms with Crippen LogP contribution in [0, 0.1) is 0 Å². The molecule has 0 aliphatic heterocycles. The van der Waals surface area contributed by atoms with E-state index in [2.05, 4.69) is 10.5 Å². The number of fused-ring (bicyclic) bond motifs is 1. The maximum absolute atomic E-state index is 11.9. The minimum Gasteiger partial charge on any atom is -0.444 e. The van der Waals surface area contributed by atoms with Gasteiger partial charge < -0.3 is 14.1 Å². The molecule has 0 aliphatic carbocycles. The Hall–Kier alpha value is -2.80. The van der Waals surface area contributed by atoms with Crippen molar-refractivity contribution < 1.29 is 14.4 Å². The van der Waals surface area contributed by atoms with Gasteiger partial charge in [0.25, 0.3) is 0 Å². The lowest BCUT2D eigenvalue weighted by atomic mass is 10.2. The third-order valence-corrected chi connectivity index (χ3v) is 4.52. The van der Waals surface area contributed by atoms with E-state index in [-0.39, 0.29) is 6.61 Å². The fourth-order valence-corrected chi connectivity index (χ4v) is 3.29. The molecule has 1 heterocycles. The SMILES string of the molecule is CO/N=c1/sc2cc(NC(=O)OCc3ccccc3)ccc2n1C. The summed E-state index contributed by atoms with van der Waals surface area (Å²) >= 11 is 1.48. The maximum Gasteiger partial charge on any atom is 0.411 e. The van der Waals surface area contributed by atoms with Gasteiger partial charge in [-0.3, -0.25) is 5.32 Å². The van der Waals surface area contributed by atoms with Gasteiger partial charge in [-0.25, -0.2) is 4.79 Å². The van der Waals surface area contributed by atoms with Gasteiger partial charge in [0.2, 0.25) is 4.80 Å². The van der Waals surface area contributed by atoms with Gasteiger partial charge in [-0.05, 0) is 23.8 Å². The minimum absolute atomic E-state index is 0.236. The molecule has 1 amide bonds. The number of aryl methyl sites for hydroxylation is 1. The molecule has 0 radical (unpaired) electrons.